The molecule has 1 fully saturated rings. The lowest BCUT2D eigenvalue weighted by molar-refractivity contribution is -0.122. The second kappa shape index (κ2) is 7.34. The van der Waals surface area contributed by atoms with E-state index in [1.807, 2.05) is 18.2 Å². The number of carbonyl (C=O) groups is 3. The van der Waals surface area contributed by atoms with E-state index in [4.69, 9.17) is 0 Å². The highest BCUT2D eigenvalue weighted by molar-refractivity contribution is 6.39. The van der Waals surface area contributed by atoms with Crippen LogP contribution in [0.2, 0.25) is 0 Å². The summed E-state index contributed by atoms with van der Waals surface area (Å²) in [5.74, 6) is -1.84. The normalized spacial score (nSPS) is 21.9. The number of halogens is 1. The van der Waals surface area contributed by atoms with Gasteiger partial charge in [0.05, 0.1) is 5.69 Å². The van der Waals surface area contributed by atoms with Crippen LogP contribution >= 0.6 is 0 Å². The fourth-order valence-electron chi connectivity index (χ4n) is 4.36. The maximum atomic E-state index is 13.6. The second-order valence-corrected chi connectivity index (χ2v) is 8.73. The van der Waals surface area contributed by atoms with Crippen LogP contribution in [0.1, 0.15) is 44.2 Å². The summed E-state index contributed by atoms with van der Waals surface area (Å²) in [5.41, 5.74) is 2.84. The van der Waals surface area contributed by atoms with Crippen molar-refractivity contribution in [1.82, 2.24) is 5.32 Å². The molecule has 160 valence electrons. The fourth-order valence-corrected chi connectivity index (χ4v) is 4.36. The van der Waals surface area contributed by atoms with Crippen molar-refractivity contribution in [3.63, 3.8) is 0 Å². The van der Waals surface area contributed by atoms with Crippen LogP contribution in [0.25, 0.3) is 6.08 Å². The van der Waals surface area contributed by atoms with Gasteiger partial charge in [-0.1, -0.05) is 19.1 Å². The molecule has 31 heavy (non-hydrogen) atoms. The number of fused-ring (bicyclic) bond motifs is 1. The Kier molecular flexibility index (Phi) is 4.92. The van der Waals surface area contributed by atoms with Crippen molar-refractivity contribution in [2.24, 2.45) is 0 Å². The van der Waals surface area contributed by atoms with Gasteiger partial charge in [-0.25, -0.2) is 14.1 Å². The van der Waals surface area contributed by atoms with Crippen LogP contribution in [0, 0.1) is 5.82 Å². The number of amides is 4. The van der Waals surface area contributed by atoms with E-state index < -0.39 is 23.7 Å². The zero-order valence-corrected chi connectivity index (χ0v) is 17.9. The Bertz CT molecular complexity index is 1140. The van der Waals surface area contributed by atoms with Gasteiger partial charge in [0.1, 0.15) is 11.4 Å². The highest BCUT2D eigenvalue weighted by Gasteiger charge is 2.37. The molecule has 2 heterocycles. The summed E-state index contributed by atoms with van der Waals surface area (Å²) < 4.78 is 13.6. The monoisotopic (exact) mass is 421 g/mol. The third-order valence-corrected chi connectivity index (χ3v) is 6.14. The Hall–Kier alpha value is -3.48. The molecular weight excluding hydrogens is 397 g/mol. The van der Waals surface area contributed by atoms with E-state index in [-0.39, 0.29) is 16.8 Å². The number of hydrogen-bond donors (Lipinski definition) is 1. The molecular formula is C24H24FN3O3. The molecule has 2 aliphatic heterocycles. The van der Waals surface area contributed by atoms with Crippen molar-refractivity contribution < 1.29 is 18.8 Å². The third kappa shape index (κ3) is 3.60. The summed E-state index contributed by atoms with van der Waals surface area (Å²) in [7, 11) is 2.06. The van der Waals surface area contributed by atoms with Crippen molar-refractivity contribution in [3.8, 4) is 0 Å². The smallest absolute Gasteiger partial charge is 0.335 e. The molecule has 0 radical (unpaired) electrons. The summed E-state index contributed by atoms with van der Waals surface area (Å²) in [4.78, 5) is 40.7. The number of imide groups is 2. The average Bonchev–Trinajstić information content (AvgIpc) is 2.69. The number of hydrogen-bond acceptors (Lipinski definition) is 4. The zero-order chi connectivity index (χ0) is 22.5. The first-order valence-electron chi connectivity index (χ1n) is 10.1. The molecule has 1 N–H and O–H groups in total. The number of rotatable bonds is 2. The molecule has 1 saturated heterocycles. The van der Waals surface area contributed by atoms with E-state index in [1.54, 1.807) is 0 Å². The Morgan fingerprint density at radius 2 is 1.87 bits per heavy atom. The number of benzene rings is 2. The first-order chi connectivity index (χ1) is 14.6. The summed E-state index contributed by atoms with van der Waals surface area (Å²) >= 11 is 0. The fraction of sp³-hybridized carbons (Fsp3) is 0.292. The molecule has 0 bridgehead atoms. The highest BCUT2D eigenvalue weighted by atomic mass is 19.1. The summed E-state index contributed by atoms with van der Waals surface area (Å²) in [5, 5.41) is 2.17. The van der Waals surface area contributed by atoms with Gasteiger partial charge in [0, 0.05) is 18.3 Å². The molecule has 0 aromatic heterocycles. The quantitative estimate of drug-likeness (QED) is 0.583. The molecule has 1 atom stereocenters. The zero-order valence-electron chi connectivity index (χ0n) is 17.9. The number of barbiturate groups is 1. The van der Waals surface area contributed by atoms with Gasteiger partial charge in [0.25, 0.3) is 11.8 Å². The van der Waals surface area contributed by atoms with Crippen molar-refractivity contribution in [3.05, 3.63) is 65.0 Å². The van der Waals surface area contributed by atoms with Gasteiger partial charge in [0.15, 0.2) is 0 Å². The Balaban J connectivity index is 1.73. The predicted octanol–water partition coefficient (Wildman–Crippen LogP) is 4.21. The standard InChI is InChI=1S/C24H24FN3O3/c1-14-13-24(2,3)27(4)20-9-8-15(10-18(14)20)11-19-21(29)26-23(31)28(22(19)30)17-7-5-6-16(25)12-17/h5-12,14H,13H2,1-4H3,(H,26,29,31)/b19-11-. The first-order valence-corrected chi connectivity index (χ1v) is 10.1. The van der Waals surface area contributed by atoms with Crippen LogP contribution in [0.4, 0.5) is 20.6 Å². The van der Waals surface area contributed by atoms with Gasteiger partial charge in [-0.15, -0.1) is 0 Å². The van der Waals surface area contributed by atoms with E-state index in [0.717, 1.165) is 28.6 Å². The average molecular weight is 421 g/mol. The molecule has 2 aliphatic rings. The van der Waals surface area contributed by atoms with E-state index in [0.29, 0.717) is 11.5 Å². The lowest BCUT2D eigenvalue weighted by Gasteiger charge is -2.45. The second-order valence-electron chi connectivity index (χ2n) is 8.73. The highest BCUT2D eigenvalue weighted by Crippen LogP contribution is 2.42. The van der Waals surface area contributed by atoms with Crippen LogP contribution in [0.3, 0.4) is 0 Å². The molecule has 0 saturated carbocycles. The minimum absolute atomic E-state index is 0.0252. The SMILES string of the molecule is CC1CC(C)(C)N(C)c2ccc(/C=C3/C(=O)NC(=O)N(c4cccc(F)c4)C3=O)cc21. The Morgan fingerprint density at radius 3 is 2.58 bits per heavy atom. The maximum absolute atomic E-state index is 13.6. The Labute approximate surface area is 180 Å². The van der Waals surface area contributed by atoms with E-state index >= 15 is 0 Å². The van der Waals surface area contributed by atoms with Gasteiger partial charge < -0.3 is 4.90 Å². The van der Waals surface area contributed by atoms with Crippen LogP contribution in [0.15, 0.2) is 48.0 Å². The molecule has 0 aliphatic carbocycles. The van der Waals surface area contributed by atoms with Gasteiger partial charge in [-0.2, -0.15) is 0 Å². The summed E-state index contributed by atoms with van der Waals surface area (Å²) in [6.45, 7) is 6.56. The molecule has 6 nitrogen and oxygen atoms in total. The number of nitrogens with zero attached hydrogens (tertiary/aromatic N) is 2. The van der Waals surface area contributed by atoms with E-state index in [9.17, 15) is 18.8 Å². The number of anilines is 2. The van der Waals surface area contributed by atoms with Crippen LogP contribution < -0.4 is 15.1 Å². The van der Waals surface area contributed by atoms with E-state index in [1.165, 1.54) is 24.3 Å². The molecule has 1 unspecified atom stereocenters. The van der Waals surface area contributed by atoms with Crippen LogP contribution in [0.5, 0.6) is 0 Å². The number of urea groups is 1. The molecule has 7 heteroatoms. The predicted molar refractivity (Wildman–Crippen MR) is 117 cm³/mol. The van der Waals surface area contributed by atoms with Crippen LogP contribution in [-0.2, 0) is 9.59 Å². The maximum Gasteiger partial charge on any atom is 0.335 e. The van der Waals surface area contributed by atoms with Crippen LogP contribution in [-0.4, -0.2) is 30.4 Å². The molecule has 0 spiro atoms. The molecule has 2 aromatic carbocycles. The van der Waals surface area contributed by atoms with Crippen molar-refractivity contribution in [1.29, 1.82) is 0 Å². The van der Waals surface area contributed by atoms with Gasteiger partial charge in [-0.3, -0.25) is 14.9 Å². The summed E-state index contributed by atoms with van der Waals surface area (Å²) in [6.07, 6.45) is 2.45. The summed E-state index contributed by atoms with van der Waals surface area (Å²) in [6, 6.07) is 10.0. The topological polar surface area (TPSA) is 69.7 Å². The van der Waals surface area contributed by atoms with Gasteiger partial charge in [0.2, 0.25) is 0 Å². The minimum Gasteiger partial charge on any atom is -0.369 e. The minimum atomic E-state index is -0.902. The lowest BCUT2D eigenvalue weighted by Crippen LogP contribution is -2.54. The molecule has 4 rings (SSSR count). The van der Waals surface area contributed by atoms with E-state index in [2.05, 4.69) is 38.0 Å². The van der Waals surface area contributed by atoms with Gasteiger partial charge >= 0.3 is 6.03 Å². The third-order valence-electron chi connectivity index (χ3n) is 6.14. The Morgan fingerprint density at radius 1 is 1.13 bits per heavy atom. The van der Waals surface area contributed by atoms with Crippen molar-refractivity contribution >= 4 is 35.3 Å². The first kappa shape index (κ1) is 20.8. The lowest BCUT2D eigenvalue weighted by atomic mass is 9.80. The van der Waals surface area contributed by atoms with Crippen molar-refractivity contribution in [2.75, 3.05) is 16.8 Å². The largest absolute Gasteiger partial charge is 0.369 e. The molecule has 4 amide bonds. The van der Waals surface area contributed by atoms with Gasteiger partial charge in [-0.05, 0) is 73.7 Å². The number of nitrogens with one attached hydrogen (secondary N) is 1. The number of carbonyl (C=O) groups excluding carboxylic acids is 3. The van der Waals surface area contributed by atoms with Crippen molar-refractivity contribution in [2.45, 2.75) is 38.6 Å². The molecule has 2 aromatic rings.